The molecule has 3 nitrogen and oxygen atoms in total. The summed E-state index contributed by atoms with van der Waals surface area (Å²) < 4.78 is 5.76. The van der Waals surface area contributed by atoms with Crippen molar-refractivity contribution in [3.05, 3.63) is 50.1 Å². The maximum Gasteiger partial charge on any atom is 0.310 e. The van der Waals surface area contributed by atoms with Gasteiger partial charge in [-0.15, -0.1) is 11.3 Å². The van der Waals surface area contributed by atoms with E-state index in [9.17, 15) is 4.79 Å². The van der Waals surface area contributed by atoms with Gasteiger partial charge in [0, 0.05) is 26.5 Å². The smallest absolute Gasteiger partial charge is 0.310 e. The van der Waals surface area contributed by atoms with Crippen LogP contribution in [0.2, 0.25) is 0 Å². The van der Waals surface area contributed by atoms with Gasteiger partial charge in [0.15, 0.2) is 0 Å². The van der Waals surface area contributed by atoms with Crippen LogP contribution in [0.25, 0.3) is 0 Å². The zero-order valence-corrected chi connectivity index (χ0v) is 13.8. The molecule has 0 radical (unpaired) electrons. The summed E-state index contributed by atoms with van der Waals surface area (Å²) in [5, 5.41) is 3.40. The van der Waals surface area contributed by atoms with E-state index in [4.69, 9.17) is 0 Å². The number of anilines is 1. The fourth-order valence-corrected chi connectivity index (χ4v) is 3.14. The molecule has 0 saturated heterocycles. The minimum Gasteiger partial charge on any atom is -0.469 e. The van der Waals surface area contributed by atoms with Crippen molar-refractivity contribution in [2.45, 2.75) is 19.9 Å². The normalized spacial score (nSPS) is 10.3. The van der Waals surface area contributed by atoms with Gasteiger partial charge in [0.25, 0.3) is 0 Å². The molecule has 0 amide bonds. The third-order valence-corrected chi connectivity index (χ3v) is 5.05. The molecule has 1 heterocycles. The quantitative estimate of drug-likeness (QED) is 0.820. The number of nitrogens with one attached hydrogen (secondary N) is 1. The van der Waals surface area contributed by atoms with E-state index in [1.54, 1.807) is 11.3 Å². The van der Waals surface area contributed by atoms with Gasteiger partial charge in [0.05, 0.1) is 13.5 Å². The van der Waals surface area contributed by atoms with Crippen LogP contribution in [0.5, 0.6) is 0 Å². The van der Waals surface area contributed by atoms with Gasteiger partial charge >= 0.3 is 5.97 Å². The van der Waals surface area contributed by atoms with Crippen molar-refractivity contribution in [2.75, 3.05) is 12.4 Å². The summed E-state index contributed by atoms with van der Waals surface area (Å²) in [5.74, 6) is -0.201. The maximum absolute atomic E-state index is 11.2. The van der Waals surface area contributed by atoms with E-state index in [1.807, 2.05) is 24.3 Å². The number of aryl methyl sites for hydroxylation is 1. The van der Waals surface area contributed by atoms with Gasteiger partial charge in [-0.3, -0.25) is 4.79 Å². The maximum atomic E-state index is 11.2. The Bertz CT molecular complexity index is 610. The molecule has 0 unspecified atom stereocenters. The minimum absolute atomic E-state index is 0.201. The molecular formula is C15H16BrNO2S. The lowest BCUT2D eigenvalue weighted by atomic mass is 10.2. The van der Waals surface area contributed by atoms with Crippen molar-refractivity contribution >= 4 is 38.9 Å². The number of hydrogen-bond donors (Lipinski definition) is 1. The highest BCUT2D eigenvalue weighted by atomic mass is 79.9. The zero-order chi connectivity index (χ0) is 14.5. The van der Waals surface area contributed by atoms with Crippen LogP contribution in [0.1, 0.15) is 15.3 Å². The van der Waals surface area contributed by atoms with Crippen LogP contribution in [-0.4, -0.2) is 13.1 Å². The monoisotopic (exact) mass is 353 g/mol. The third kappa shape index (κ3) is 3.84. The fourth-order valence-electron chi connectivity index (χ4n) is 1.79. The second-order valence-corrected chi connectivity index (χ2v) is 6.46. The lowest BCUT2D eigenvalue weighted by Crippen LogP contribution is -2.02. The van der Waals surface area contributed by atoms with Gasteiger partial charge in [-0.25, -0.2) is 0 Å². The molecule has 106 valence electrons. The molecular weight excluding hydrogens is 338 g/mol. The van der Waals surface area contributed by atoms with Gasteiger partial charge in [-0.2, -0.15) is 0 Å². The highest BCUT2D eigenvalue weighted by Gasteiger charge is 2.07. The Kier molecular flexibility index (Phi) is 5.20. The molecule has 0 atom stereocenters. The molecule has 2 rings (SSSR count). The zero-order valence-electron chi connectivity index (χ0n) is 11.4. The molecule has 0 spiro atoms. The van der Waals surface area contributed by atoms with E-state index in [0.717, 1.165) is 21.6 Å². The first-order chi connectivity index (χ1) is 9.60. The lowest BCUT2D eigenvalue weighted by molar-refractivity contribution is -0.139. The molecule has 0 saturated carbocycles. The number of carbonyl (C=O) groups is 1. The highest BCUT2D eigenvalue weighted by molar-refractivity contribution is 9.10. The van der Waals surface area contributed by atoms with Crippen molar-refractivity contribution < 1.29 is 9.53 Å². The Morgan fingerprint density at radius 1 is 1.30 bits per heavy atom. The number of ether oxygens (including phenoxy) is 1. The predicted molar refractivity (Wildman–Crippen MR) is 86.2 cm³/mol. The molecule has 0 fully saturated rings. The first-order valence-electron chi connectivity index (χ1n) is 6.23. The average molecular weight is 354 g/mol. The van der Waals surface area contributed by atoms with Crippen LogP contribution < -0.4 is 5.32 Å². The molecule has 0 bridgehead atoms. The van der Waals surface area contributed by atoms with Gasteiger partial charge in [-0.05, 0) is 46.6 Å². The number of thiophene rings is 1. The summed E-state index contributed by atoms with van der Waals surface area (Å²) in [5.41, 5.74) is 2.28. The van der Waals surface area contributed by atoms with Crippen LogP contribution in [-0.2, 0) is 22.5 Å². The Morgan fingerprint density at radius 3 is 2.80 bits per heavy atom. The number of hydrogen-bond acceptors (Lipinski definition) is 4. The summed E-state index contributed by atoms with van der Waals surface area (Å²) >= 11 is 5.21. The summed E-state index contributed by atoms with van der Waals surface area (Å²) in [4.78, 5) is 13.4. The van der Waals surface area contributed by atoms with Crippen molar-refractivity contribution in [1.29, 1.82) is 0 Å². The van der Waals surface area contributed by atoms with E-state index in [0.29, 0.717) is 6.42 Å². The molecule has 1 aromatic carbocycles. The summed E-state index contributed by atoms with van der Waals surface area (Å²) in [6.07, 6.45) is 0.343. The third-order valence-electron chi connectivity index (χ3n) is 2.91. The Hall–Kier alpha value is -1.33. The van der Waals surface area contributed by atoms with E-state index >= 15 is 0 Å². The molecule has 1 N–H and O–H groups in total. The summed E-state index contributed by atoms with van der Waals surface area (Å²) in [6, 6.07) is 10.2. The second kappa shape index (κ2) is 6.90. The number of esters is 1. The number of halogens is 1. The van der Waals surface area contributed by atoms with Crippen LogP contribution >= 0.6 is 27.3 Å². The molecule has 1 aromatic heterocycles. The van der Waals surface area contributed by atoms with Crippen LogP contribution in [0.4, 0.5) is 5.69 Å². The Balaban J connectivity index is 1.97. The van der Waals surface area contributed by atoms with E-state index in [2.05, 4.69) is 39.0 Å². The van der Waals surface area contributed by atoms with Crippen LogP contribution in [0, 0.1) is 6.92 Å². The number of benzene rings is 1. The average Bonchev–Trinajstić information content (AvgIpc) is 2.88. The minimum atomic E-state index is -0.201. The van der Waals surface area contributed by atoms with Gasteiger partial charge < -0.3 is 10.1 Å². The highest BCUT2D eigenvalue weighted by Crippen LogP contribution is 2.27. The molecule has 5 heteroatoms. The first-order valence-corrected chi connectivity index (χ1v) is 7.84. The van der Waals surface area contributed by atoms with Gasteiger partial charge in [0.1, 0.15) is 0 Å². The Morgan fingerprint density at radius 2 is 2.05 bits per heavy atom. The standard InChI is InChI=1S/C15H16BrNO2S/c1-10-4-3-5-13(15(10)16)17-9-12-7-6-11(20-12)8-14(18)19-2/h3-7,17H,8-9H2,1-2H3. The van der Waals surface area contributed by atoms with Crippen molar-refractivity contribution in [3.8, 4) is 0 Å². The molecule has 2 aromatic rings. The molecule has 20 heavy (non-hydrogen) atoms. The first kappa shape index (κ1) is 15.1. The van der Waals surface area contributed by atoms with Crippen molar-refractivity contribution in [1.82, 2.24) is 0 Å². The summed E-state index contributed by atoms with van der Waals surface area (Å²) in [7, 11) is 1.41. The van der Waals surface area contributed by atoms with Crippen LogP contribution in [0.3, 0.4) is 0 Å². The second-order valence-electron chi connectivity index (χ2n) is 4.41. The molecule has 0 aliphatic heterocycles. The van der Waals surface area contributed by atoms with Crippen LogP contribution in [0.15, 0.2) is 34.8 Å². The topological polar surface area (TPSA) is 38.3 Å². The fraction of sp³-hybridized carbons (Fsp3) is 0.267. The van der Waals surface area contributed by atoms with E-state index < -0.39 is 0 Å². The lowest BCUT2D eigenvalue weighted by Gasteiger charge is -2.09. The van der Waals surface area contributed by atoms with Crippen molar-refractivity contribution in [3.63, 3.8) is 0 Å². The Labute approximate surface area is 131 Å². The van der Waals surface area contributed by atoms with Gasteiger partial charge in [-0.1, -0.05) is 12.1 Å². The van der Waals surface area contributed by atoms with E-state index in [1.165, 1.54) is 17.6 Å². The van der Waals surface area contributed by atoms with Crippen molar-refractivity contribution in [2.24, 2.45) is 0 Å². The number of carbonyl (C=O) groups excluding carboxylic acids is 1. The number of rotatable bonds is 5. The van der Waals surface area contributed by atoms with E-state index in [-0.39, 0.29) is 5.97 Å². The largest absolute Gasteiger partial charge is 0.469 e. The number of methoxy groups -OCH3 is 1. The van der Waals surface area contributed by atoms with Gasteiger partial charge in [0.2, 0.25) is 0 Å². The molecule has 0 aliphatic carbocycles. The molecule has 0 aliphatic rings. The summed E-state index contributed by atoms with van der Waals surface area (Å²) in [6.45, 7) is 2.81. The SMILES string of the molecule is COC(=O)Cc1ccc(CNc2cccc(C)c2Br)s1. The predicted octanol–water partition coefficient (Wildman–Crippen LogP) is 4.15.